The lowest BCUT2D eigenvalue weighted by Gasteiger charge is -2.16. The zero-order chi connectivity index (χ0) is 13.8. The zero-order valence-corrected chi connectivity index (χ0v) is 12.7. The lowest BCUT2D eigenvalue weighted by atomic mass is 9.94. The minimum Gasteiger partial charge on any atom is -0.351 e. The highest BCUT2D eigenvalue weighted by molar-refractivity contribution is 7.11. The Balaban J connectivity index is 1.91. The van der Waals surface area contributed by atoms with E-state index in [1.54, 1.807) is 11.3 Å². The molecule has 0 aliphatic heterocycles. The number of aryl methyl sites for hydroxylation is 1. The van der Waals surface area contributed by atoms with Crippen LogP contribution in [0.2, 0.25) is 0 Å². The van der Waals surface area contributed by atoms with Crippen molar-refractivity contribution in [1.82, 2.24) is 10.3 Å². The number of allylic oxidation sites excluding steroid dienone is 2. The number of thiazole rings is 1. The molecule has 3 nitrogen and oxygen atoms in total. The quantitative estimate of drug-likeness (QED) is 0.856. The second kappa shape index (κ2) is 6.33. The third-order valence-corrected chi connectivity index (χ3v) is 4.92. The molecule has 1 N–H and O–H groups in total. The van der Waals surface area contributed by atoms with Crippen molar-refractivity contribution >= 4 is 17.2 Å². The molecular formula is C15H22N2OS. The van der Waals surface area contributed by atoms with Crippen LogP contribution in [0.5, 0.6) is 0 Å². The Bertz CT molecular complexity index is 476. The van der Waals surface area contributed by atoms with Crippen molar-refractivity contribution in [3.8, 4) is 0 Å². The predicted molar refractivity (Wildman–Crippen MR) is 79.3 cm³/mol. The van der Waals surface area contributed by atoms with Crippen LogP contribution < -0.4 is 5.32 Å². The Morgan fingerprint density at radius 2 is 2.32 bits per heavy atom. The zero-order valence-electron chi connectivity index (χ0n) is 11.9. The lowest BCUT2D eigenvalue weighted by Crippen LogP contribution is -2.30. The molecule has 0 bridgehead atoms. The molecule has 1 heterocycles. The van der Waals surface area contributed by atoms with E-state index in [2.05, 4.69) is 36.3 Å². The summed E-state index contributed by atoms with van der Waals surface area (Å²) in [5.41, 5.74) is 1.05. The van der Waals surface area contributed by atoms with E-state index in [1.165, 1.54) is 4.88 Å². The van der Waals surface area contributed by atoms with E-state index >= 15 is 0 Å². The number of aromatic nitrogens is 1. The molecule has 2 rings (SSSR count). The van der Waals surface area contributed by atoms with Gasteiger partial charge in [0.15, 0.2) is 0 Å². The summed E-state index contributed by atoms with van der Waals surface area (Å²) in [6.45, 7) is 6.94. The minimum atomic E-state index is 0.155. The van der Waals surface area contributed by atoms with Crippen molar-refractivity contribution in [3.63, 3.8) is 0 Å². The first-order valence-electron chi connectivity index (χ1n) is 6.97. The van der Waals surface area contributed by atoms with Crippen LogP contribution >= 0.6 is 11.3 Å². The largest absolute Gasteiger partial charge is 0.351 e. The number of nitrogens with zero attached hydrogens (tertiary/aromatic N) is 1. The molecule has 104 valence electrons. The van der Waals surface area contributed by atoms with E-state index in [4.69, 9.17) is 0 Å². The highest BCUT2D eigenvalue weighted by Crippen LogP contribution is 2.25. The van der Waals surface area contributed by atoms with Crippen LogP contribution in [0.3, 0.4) is 0 Å². The fourth-order valence-corrected chi connectivity index (χ4v) is 3.21. The van der Waals surface area contributed by atoms with Gasteiger partial charge in [-0.05, 0) is 26.2 Å². The first-order valence-corrected chi connectivity index (χ1v) is 7.78. The van der Waals surface area contributed by atoms with E-state index in [-0.39, 0.29) is 11.8 Å². The molecule has 1 aromatic rings. The van der Waals surface area contributed by atoms with Crippen molar-refractivity contribution < 1.29 is 4.79 Å². The Labute approximate surface area is 119 Å². The smallest absolute Gasteiger partial charge is 0.223 e. The highest BCUT2D eigenvalue weighted by Gasteiger charge is 2.19. The summed E-state index contributed by atoms with van der Waals surface area (Å²) in [5, 5.41) is 4.21. The summed E-state index contributed by atoms with van der Waals surface area (Å²) in [5.74, 6) is 0.794. The van der Waals surface area contributed by atoms with Crippen molar-refractivity contribution in [1.29, 1.82) is 0 Å². The molecule has 0 radical (unpaired) electrons. The molecule has 0 saturated carbocycles. The third kappa shape index (κ3) is 3.66. The van der Waals surface area contributed by atoms with Gasteiger partial charge in [-0.2, -0.15) is 0 Å². The molecule has 0 unspecified atom stereocenters. The molecule has 0 saturated heterocycles. The lowest BCUT2D eigenvalue weighted by molar-refractivity contribution is -0.125. The molecule has 1 atom stereocenters. The van der Waals surface area contributed by atoms with Crippen LogP contribution in [0.1, 0.15) is 54.6 Å². The number of nitrogens with one attached hydrogen (secondary N) is 1. The van der Waals surface area contributed by atoms with Crippen LogP contribution in [0, 0.1) is 12.8 Å². The molecule has 1 aliphatic carbocycles. The second-order valence-electron chi connectivity index (χ2n) is 5.41. The fraction of sp³-hybridized carbons (Fsp3) is 0.600. The molecule has 1 aliphatic rings. The number of amides is 1. The maximum absolute atomic E-state index is 12.1. The predicted octanol–water partition coefficient (Wildman–Crippen LogP) is 3.55. The van der Waals surface area contributed by atoms with Crippen molar-refractivity contribution in [2.24, 2.45) is 5.92 Å². The van der Waals surface area contributed by atoms with Gasteiger partial charge in [-0.15, -0.1) is 11.3 Å². The third-order valence-electron chi connectivity index (χ3n) is 3.47. The Kier molecular flexibility index (Phi) is 4.75. The standard InChI is InChI=1S/C15H22N2OS/c1-10(2)15-17-11(3)13(19-15)9-16-14(18)12-7-5-4-6-8-12/h4-5,10,12H,6-9H2,1-3H3,(H,16,18)/t12-/m0/s1. The van der Waals surface area contributed by atoms with Gasteiger partial charge in [-0.1, -0.05) is 26.0 Å². The first kappa shape index (κ1) is 14.3. The summed E-state index contributed by atoms with van der Waals surface area (Å²) in [6.07, 6.45) is 7.15. The van der Waals surface area contributed by atoms with Crippen LogP contribution in [-0.4, -0.2) is 10.9 Å². The van der Waals surface area contributed by atoms with Gasteiger partial charge < -0.3 is 5.32 Å². The van der Waals surface area contributed by atoms with Crippen LogP contribution in [-0.2, 0) is 11.3 Å². The van der Waals surface area contributed by atoms with E-state index in [9.17, 15) is 4.79 Å². The summed E-state index contributed by atoms with van der Waals surface area (Å²) in [6, 6.07) is 0. The van der Waals surface area contributed by atoms with E-state index < -0.39 is 0 Å². The van der Waals surface area contributed by atoms with Crippen LogP contribution in [0.15, 0.2) is 12.2 Å². The normalized spacial score (nSPS) is 18.8. The maximum atomic E-state index is 12.1. The Morgan fingerprint density at radius 3 is 2.89 bits per heavy atom. The molecule has 4 heteroatoms. The van der Waals surface area contributed by atoms with Gasteiger partial charge in [0.2, 0.25) is 5.91 Å². The number of hydrogen-bond acceptors (Lipinski definition) is 3. The van der Waals surface area contributed by atoms with E-state index in [1.807, 2.05) is 6.92 Å². The Morgan fingerprint density at radius 1 is 1.53 bits per heavy atom. The van der Waals surface area contributed by atoms with Gasteiger partial charge in [0.25, 0.3) is 0 Å². The molecular weight excluding hydrogens is 256 g/mol. The summed E-state index contributed by atoms with van der Waals surface area (Å²) in [7, 11) is 0. The van der Waals surface area contributed by atoms with E-state index in [0.29, 0.717) is 12.5 Å². The Hall–Kier alpha value is -1.16. The molecule has 0 aromatic carbocycles. The first-order chi connectivity index (χ1) is 9.08. The molecule has 1 aromatic heterocycles. The minimum absolute atomic E-state index is 0.155. The van der Waals surface area contributed by atoms with Gasteiger partial charge in [-0.25, -0.2) is 4.98 Å². The van der Waals surface area contributed by atoms with E-state index in [0.717, 1.165) is 30.0 Å². The topological polar surface area (TPSA) is 42.0 Å². The number of carbonyl (C=O) groups is 1. The van der Waals surface area contributed by atoms with Gasteiger partial charge in [0, 0.05) is 16.7 Å². The average molecular weight is 278 g/mol. The van der Waals surface area contributed by atoms with Crippen molar-refractivity contribution in [2.75, 3.05) is 0 Å². The summed E-state index contributed by atoms with van der Waals surface area (Å²) in [4.78, 5) is 17.8. The van der Waals surface area contributed by atoms with Gasteiger partial charge in [0.05, 0.1) is 17.2 Å². The molecule has 19 heavy (non-hydrogen) atoms. The fourth-order valence-electron chi connectivity index (χ4n) is 2.20. The summed E-state index contributed by atoms with van der Waals surface area (Å²) < 4.78 is 0. The average Bonchev–Trinajstić information content (AvgIpc) is 2.79. The summed E-state index contributed by atoms with van der Waals surface area (Å²) >= 11 is 1.72. The second-order valence-corrected chi connectivity index (χ2v) is 6.53. The van der Waals surface area contributed by atoms with Gasteiger partial charge in [0.1, 0.15) is 0 Å². The van der Waals surface area contributed by atoms with Crippen molar-refractivity contribution in [3.05, 3.63) is 27.7 Å². The van der Waals surface area contributed by atoms with Gasteiger partial charge in [-0.3, -0.25) is 4.79 Å². The van der Waals surface area contributed by atoms with Crippen LogP contribution in [0.4, 0.5) is 0 Å². The maximum Gasteiger partial charge on any atom is 0.223 e. The monoisotopic (exact) mass is 278 g/mol. The van der Waals surface area contributed by atoms with Crippen molar-refractivity contribution in [2.45, 2.75) is 52.5 Å². The highest BCUT2D eigenvalue weighted by atomic mass is 32.1. The number of hydrogen-bond donors (Lipinski definition) is 1. The van der Waals surface area contributed by atoms with Crippen LogP contribution in [0.25, 0.3) is 0 Å². The molecule has 0 fully saturated rings. The van der Waals surface area contributed by atoms with Gasteiger partial charge >= 0.3 is 0 Å². The SMILES string of the molecule is Cc1nc(C(C)C)sc1CNC(=O)[C@H]1CC=CCC1. The number of carbonyl (C=O) groups excluding carboxylic acids is 1. The molecule has 1 amide bonds. The molecule has 0 spiro atoms. The number of rotatable bonds is 4.